The highest BCUT2D eigenvalue weighted by Gasteiger charge is 2.24. The van der Waals surface area contributed by atoms with E-state index in [1.54, 1.807) is 11.8 Å². The SMILES string of the molecule is O=c1[nH]cc(Br)c(=O)n1CC1CSc2ccccc21. The number of H-pyrrole nitrogens is 1. The van der Waals surface area contributed by atoms with Crippen LogP contribution in [0.3, 0.4) is 0 Å². The molecule has 0 amide bonds. The van der Waals surface area contributed by atoms with Crippen LogP contribution in [0.5, 0.6) is 0 Å². The van der Waals surface area contributed by atoms with Crippen molar-refractivity contribution in [2.45, 2.75) is 17.4 Å². The molecule has 0 radical (unpaired) electrons. The van der Waals surface area contributed by atoms with Crippen molar-refractivity contribution in [3.05, 3.63) is 61.3 Å². The second-order valence-corrected chi connectivity index (χ2v) is 6.32. The number of hydrogen-bond donors (Lipinski definition) is 1. The van der Waals surface area contributed by atoms with Gasteiger partial charge in [-0.15, -0.1) is 11.8 Å². The molecular weight excluding hydrogens is 328 g/mol. The lowest BCUT2D eigenvalue weighted by Gasteiger charge is -2.12. The lowest BCUT2D eigenvalue weighted by molar-refractivity contribution is 0.558. The minimum absolute atomic E-state index is 0.203. The first-order chi connectivity index (χ1) is 9.16. The van der Waals surface area contributed by atoms with Gasteiger partial charge in [-0.1, -0.05) is 18.2 Å². The summed E-state index contributed by atoms with van der Waals surface area (Å²) in [4.78, 5) is 27.6. The molecule has 0 saturated carbocycles. The third-order valence-electron chi connectivity index (χ3n) is 3.22. The van der Waals surface area contributed by atoms with E-state index in [1.807, 2.05) is 12.1 Å². The third-order valence-corrected chi connectivity index (χ3v) is 5.04. The molecule has 1 unspecified atom stereocenters. The summed E-state index contributed by atoms with van der Waals surface area (Å²) in [6, 6.07) is 8.14. The number of hydrogen-bond acceptors (Lipinski definition) is 3. The first kappa shape index (κ1) is 12.7. The maximum absolute atomic E-state index is 12.0. The molecule has 0 saturated heterocycles. The summed E-state index contributed by atoms with van der Waals surface area (Å²) in [6.07, 6.45) is 1.39. The van der Waals surface area contributed by atoms with Gasteiger partial charge in [-0.25, -0.2) is 4.79 Å². The number of nitrogens with one attached hydrogen (secondary N) is 1. The van der Waals surface area contributed by atoms with Crippen molar-refractivity contribution >= 4 is 27.7 Å². The van der Waals surface area contributed by atoms with E-state index in [2.05, 4.69) is 33.0 Å². The lowest BCUT2D eigenvalue weighted by atomic mass is 10.0. The Hall–Kier alpha value is -1.27. The van der Waals surface area contributed by atoms with Crippen LogP contribution >= 0.6 is 27.7 Å². The van der Waals surface area contributed by atoms with Crippen LogP contribution in [-0.4, -0.2) is 15.3 Å². The molecule has 0 spiro atoms. The van der Waals surface area contributed by atoms with E-state index in [-0.39, 0.29) is 17.2 Å². The molecule has 1 atom stereocenters. The van der Waals surface area contributed by atoms with Crippen molar-refractivity contribution in [2.75, 3.05) is 5.75 Å². The molecular formula is C13H11BrN2O2S. The minimum atomic E-state index is -0.359. The molecule has 0 bridgehead atoms. The fraction of sp³-hybridized carbons (Fsp3) is 0.231. The van der Waals surface area contributed by atoms with Gasteiger partial charge in [-0.3, -0.25) is 9.36 Å². The number of fused-ring (bicyclic) bond motifs is 1. The molecule has 2 heterocycles. The van der Waals surface area contributed by atoms with Crippen molar-refractivity contribution < 1.29 is 0 Å². The highest BCUT2D eigenvalue weighted by molar-refractivity contribution is 9.10. The number of aromatic amines is 1. The molecule has 1 aromatic carbocycles. The number of benzene rings is 1. The first-order valence-electron chi connectivity index (χ1n) is 5.86. The molecule has 6 heteroatoms. The summed E-state index contributed by atoms with van der Waals surface area (Å²) in [5, 5.41) is 0. The van der Waals surface area contributed by atoms with Gasteiger partial charge in [-0.05, 0) is 27.6 Å². The van der Waals surface area contributed by atoms with E-state index < -0.39 is 0 Å². The van der Waals surface area contributed by atoms with Crippen molar-refractivity contribution in [3.63, 3.8) is 0 Å². The number of thioether (sulfide) groups is 1. The molecule has 1 aromatic heterocycles. The van der Waals surface area contributed by atoms with Gasteiger partial charge in [0.1, 0.15) is 0 Å². The molecule has 3 rings (SSSR count). The maximum Gasteiger partial charge on any atom is 0.328 e. The Bertz CT molecular complexity index is 738. The zero-order valence-electron chi connectivity index (χ0n) is 9.93. The fourth-order valence-corrected chi connectivity index (χ4v) is 3.82. The van der Waals surface area contributed by atoms with Gasteiger partial charge in [0.05, 0.1) is 4.47 Å². The fourth-order valence-electron chi connectivity index (χ4n) is 2.25. The van der Waals surface area contributed by atoms with Crippen LogP contribution in [-0.2, 0) is 6.54 Å². The highest BCUT2D eigenvalue weighted by Crippen LogP contribution is 2.39. The molecule has 1 N–H and O–H groups in total. The molecule has 1 aliphatic rings. The van der Waals surface area contributed by atoms with Gasteiger partial charge >= 0.3 is 5.69 Å². The van der Waals surface area contributed by atoms with Crippen LogP contribution in [0.2, 0.25) is 0 Å². The number of nitrogens with zero attached hydrogens (tertiary/aromatic N) is 1. The van der Waals surface area contributed by atoms with E-state index in [4.69, 9.17) is 0 Å². The van der Waals surface area contributed by atoms with Crippen molar-refractivity contribution in [2.24, 2.45) is 0 Å². The lowest BCUT2D eigenvalue weighted by Crippen LogP contribution is -2.36. The second kappa shape index (κ2) is 5.02. The Balaban J connectivity index is 1.99. The predicted octanol–water partition coefficient (Wildman–Crippen LogP) is 2.19. The Morgan fingerprint density at radius 2 is 2.16 bits per heavy atom. The Morgan fingerprint density at radius 3 is 3.00 bits per heavy atom. The van der Waals surface area contributed by atoms with Crippen LogP contribution < -0.4 is 11.2 Å². The topological polar surface area (TPSA) is 54.9 Å². The van der Waals surface area contributed by atoms with Crippen LogP contribution in [0.25, 0.3) is 0 Å². The van der Waals surface area contributed by atoms with E-state index in [0.717, 1.165) is 5.75 Å². The molecule has 98 valence electrons. The predicted molar refractivity (Wildman–Crippen MR) is 78.9 cm³/mol. The first-order valence-corrected chi connectivity index (χ1v) is 7.64. The van der Waals surface area contributed by atoms with Crippen LogP contribution in [0, 0.1) is 0 Å². The summed E-state index contributed by atoms with van der Waals surface area (Å²) in [7, 11) is 0. The number of aromatic nitrogens is 2. The summed E-state index contributed by atoms with van der Waals surface area (Å²) >= 11 is 4.92. The standard InChI is InChI=1S/C13H11BrN2O2S/c14-10-5-15-13(18)16(12(10)17)6-8-7-19-11-4-2-1-3-9(8)11/h1-5,8H,6-7H2,(H,15,18). The Labute approximate surface area is 122 Å². The quantitative estimate of drug-likeness (QED) is 0.913. The van der Waals surface area contributed by atoms with Gasteiger partial charge in [0, 0.05) is 29.3 Å². The minimum Gasteiger partial charge on any atom is -0.313 e. The van der Waals surface area contributed by atoms with E-state index in [0.29, 0.717) is 11.0 Å². The molecule has 4 nitrogen and oxygen atoms in total. The van der Waals surface area contributed by atoms with Crippen LogP contribution in [0.4, 0.5) is 0 Å². The Kier molecular flexibility index (Phi) is 3.36. The molecule has 1 aliphatic heterocycles. The molecule has 0 fully saturated rings. The van der Waals surface area contributed by atoms with E-state index >= 15 is 0 Å². The third kappa shape index (κ3) is 2.30. The summed E-state index contributed by atoms with van der Waals surface area (Å²) in [6.45, 7) is 0.414. The molecule has 19 heavy (non-hydrogen) atoms. The Morgan fingerprint density at radius 1 is 1.37 bits per heavy atom. The zero-order valence-corrected chi connectivity index (χ0v) is 12.3. The normalized spacial score (nSPS) is 17.4. The monoisotopic (exact) mass is 338 g/mol. The van der Waals surface area contributed by atoms with Crippen molar-refractivity contribution in [1.29, 1.82) is 0 Å². The molecule has 2 aromatic rings. The maximum atomic E-state index is 12.0. The number of rotatable bonds is 2. The average molecular weight is 339 g/mol. The highest BCUT2D eigenvalue weighted by atomic mass is 79.9. The smallest absolute Gasteiger partial charge is 0.313 e. The van der Waals surface area contributed by atoms with Gasteiger partial charge in [-0.2, -0.15) is 0 Å². The summed E-state index contributed by atoms with van der Waals surface area (Å²) < 4.78 is 1.64. The van der Waals surface area contributed by atoms with Crippen molar-refractivity contribution in [3.8, 4) is 0 Å². The van der Waals surface area contributed by atoms with Gasteiger partial charge < -0.3 is 4.98 Å². The van der Waals surface area contributed by atoms with Gasteiger partial charge in [0.2, 0.25) is 0 Å². The number of halogens is 1. The van der Waals surface area contributed by atoms with Crippen LogP contribution in [0.15, 0.2) is 49.4 Å². The summed E-state index contributed by atoms with van der Waals surface area (Å²) in [5.74, 6) is 1.10. The van der Waals surface area contributed by atoms with Crippen LogP contribution in [0.1, 0.15) is 11.5 Å². The molecule has 0 aliphatic carbocycles. The van der Waals surface area contributed by atoms with E-state index in [1.165, 1.54) is 21.2 Å². The zero-order chi connectivity index (χ0) is 13.4. The summed E-state index contributed by atoms with van der Waals surface area (Å²) in [5.41, 5.74) is 0.583. The average Bonchev–Trinajstić information content (AvgIpc) is 2.83. The van der Waals surface area contributed by atoms with Crippen molar-refractivity contribution in [1.82, 2.24) is 9.55 Å². The second-order valence-electron chi connectivity index (χ2n) is 4.40. The van der Waals surface area contributed by atoms with Gasteiger partial charge in [0.15, 0.2) is 0 Å². The van der Waals surface area contributed by atoms with E-state index in [9.17, 15) is 9.59 Å². The van der Waals surface area contributed by atoms with Gasteiger partial charge in [0.25, 0.3) is 5.56 Å². The largest absolute Gasteiger partial charge is 0.328 e.